The molecule has 2 aromatic rings. The van der Waals surface area contributed by atoms with Crippen molar-refractivity contribution in [3.63, 3.8) is 0 Å². The number of likely N-dealkylation sites (N-methyl/N-ethyl adjacent to an activating group) is 1. The summed E-state index contributed by atoms with van der Waals surface area (Å²) in [6.07, 6.45) is -0.567. The van der Waals surface area contributed by atoms with Crippen molar-refractivity contribution in [3.05, 3.63) is 53.6 Å². The molecule has 3 rings (SSSR count). The van der Waals surface area contributed by atoms with Crippen LogP contribution in [0.4, 0.5) is 0 Å². The molecule has 0 radical (unpaired) electrons. The van der Waals surface area contributed by atoms with Crippen molar-refractivity contribution in [3.8, 4) is 17.2 Å². The summed E-state index contributed by atoms with van der Waals surface area (Å²) < 4.78 is 11.9. The highest BCUT2D eigenvalue weighted by Gasteiger charge is 2.45. The first-order valence-corrected chi connectivity index (χ1v) is 7.58. The maximum atomic E-state index is 11.0. The molecular formula is C18H21NO4. The number of phenolic OH excluding ortho intramolecular Hbond substituents is 1. The lowest BCUT2D eigenvalue weighted by Gasteiger charge is -2.40. The Morgan fingerprint density at radius 1 is 1.30 bits per heavy atom. The summed E-state index contributed by atoms with van der Waals surface area (Å²) in [5.41, 5.74) is 0.428. The minimum absolute atomic E-state index is 0.145. The van der Waals surface area contributed by atoms with Gasteiger partial charge in [-0.3, -0.25) is 0 Å². The molecule has 1 aliphatic rings. The molecule has 0 unspecified atom stereocenters. The zero-order chi connectivity index (χ0) is 16.4. The van der Waals surface area contributed by atoms with Crippen molar-refractivity contribution in [2.45, 2.75) is 18.6 Å². The van der Waals surface area contributed by atoms with Crippen LogP contribution >= 0.6 is 0 Å². The molecule has 122 valence electrons. The van der Waals surface area contributed by atoms with Gasteiger partial charge in [0, 0.05) is 12.1 Å². The summed E-state index contributed by atoms with van der Waals surface area (Å²) in [7, 11) is 1.78. The highest BCUT2D eigenvalue weighted by Crippen LogP contribution is 2.41. The number of para-hydroxylation sites is 1. The highest BCUT2D eigenvalue weighted by molar-refractivity contribution is 5.43. The van der Waals surface area contributed by atoms with Crippen LogP contribution in [-0.4, -0.2) is 36.0 Å². The van der Waals surface area contributed by atoms with Gasteiger partial charge < -0.3 is 25.0 Å². The monoisotopic (exact) mass is 315 g/mol. The number of benzene rings is 2. The fourth-order valence-corrected chi connectivity index (χ4v) is 2.91. The number of nitrogens with one attached hydrogen (secondary N) is 1. The molecule has 0 bridgehead atoms. The molecule has 3 N–H and O–H groups in total. The lowest BCUT2D eigenvalue weighted by atomic mass is 9.88. The first kappa shape index (κ1) is 15.6. The maximum Gasteiger partial charge on any atom is 0.160 e. The van der Waals surface area contributed by atoms with Gasteiger partial charge in [0.1, 0.15) is 23.9 Å². The van der Waals surface area contributed by atoms with Gasteiger partial charge in [-0.1, -0.05) is 18.2 Å². The third kappa shape index (κ3) is 2.98. The molecule has 0 aliphatic carbocycles. The number of hydrogen-bond acceptors (Lipinski definition) is 5. The van der Waals surface area contributed by atoms with Crippen LogP contribution in [0.15, 0.2) is 42.5 Å². The Kier molecular flexibility index (Phi) is 4.15. The normalized spacial score (nSPS) is 23.0. The topological polar surface area (TPSA) is 71.0 Å². The van der Waals surface area contributed by atoms with Gasteiger partial charge in [0.2, 0.25) is 0 Å². The van der Waals surface area contributed by atoms with Crippen molar-refractivity contribution in [1.82, 2.24) is 5.32 Å². The van der Waals surface area contributed by atoms with Crippen LogP contribution < -0.4 is 14.8 Å². The summed E-state index contributed by atoms with van der Waals surface area (Å²) in [6, 6.07) is 12.5. The molecule has 0 spiro atoms. The standard InChI is InChI=1S/C18H21NO4/c1-12-9-13(20)7-8-15(12)23-17-14-5-3-4-6-16(14)22-11-18(17,21)10-19-2/h3-9,17,19-21H,10-11H2,1-2H3/t17-,18-/m1/s1. The van der Waals surface area contributed by atoms with Gasteiger partial charge in [0.15, 0.2) is 11.7 Å². The van der Waals surface area contributed by atoms with Crippen molar-refractivity contribution in [2.24, 2.45) is 0 Å². The largest absolute Gasteiger partial charge is 0.508 e. The van der Waals surface area contributed by atoms with Crippen molar-refractivity contribution in [2.75, 3.05) is 20.2 Å². The van der Waals surface area contributed by atoms with Crippen molar-refractivity contribution in [1.29, 1.82) is 0 Å². The average molecular weight is 315 g/mol. The van der Waals surface area contributed by atoms with Gasteiger partial charge in [0.25, 0.3) is 0 Å². The van der Waals surface area contributed by atoms with E-state index in [1.165, 1.54) is 0 Å². The number of aliphatic hydroxyl groups is 1. The molecule has 0 amide bonds. The van der Waals surface area contributed by atoms with Gasteiger partial charge in [0.05, 0.1) is 0 Å². The molecular weight excluding hydrogens is 294 g/mol. The number of ether oxygens (including phenoxy) is 2. The van der Waals surface area contributed by atoms with Crippen LogP contribution in [0, 0.1) is 6.92 Å². The number of aryl methyl sites for hydroxylation is 1. The van der Waals surface area contributed by atoms with E-state index in [4.69, 9.17) is 9.47 Å². The third-order valence-electron chi connectivity index (χ3n) is 4.05. The fourth-order valence-electron chi connectivity index (χ4n) is 2.91. The van der Waals surface area contributed by atoms with Crippen molar-refractivity contribution >= 4 is 0 Å². The predicted octanol–water partition coefficient (Wildman–Crippen LogP) is 2.16. The van der Waals surface area contributed by atoms with Crippen molar-refractivity contribution < 1.29 is 19.7 Å². The molecule has 1 aliphatic heterocycles. The molecule has 0 saturated heterocycles. The van der Waals surface area contributed by atoms with E-state index in [0.29, 0.717) is 12.3 Å². The van der Waals surface area contributed by atoms with Gasteiger partial charge in [-0.15, -0.1) is 0 Å². The highest BCUT2D eigenvalue weighted by atomic mass is 16.5. The maximum absolute atomic E-state index is 11.0. The first-order chi connectivity index (χ1) is 11.0. The Morgan fingerprint density at radius 3 is 2.83 bits per heavy atom. The molecule has 0 aromatic heterocycles. The number of phenols is 1. The molecule has 5 heteroatoms. The fraction of sp³-hybridized carbons (Fsp3) is 0.333. The second-order valence-corrected chi connectivity index (χ2v) is 5.91. The summed E-state index contributed by atoms with van der Waals surface area (Å²) in [6.45, 7) is 2.34. The van der Waals surface area contributed by atoms with Gasteiger partial charge >= 0.3 is 0 Å². The molecule has 0 fully saturated rings. The van der Waals surface area contributed by atoms with E-state index >= 15 is 0 Å². The van der Waals surface area contributed by atoms with E-state index in [0.717, 1.165) is 16.9 Å². The molecule has 2 atom stereocenters. The zero-order valence-electron chi connectivity index (χ0n) is 13.2. The SMILES string of the molecule is CNC[C@@]1(O)COc2ccccc2[C@H]1Oc1ccc(O)cc1C. The van der Waals surface area contributed by atoms with E-state index in [9.17, 15) is 10.2 Å². The Bertz CT molecular complexity index is 703. The van der Waals surface area contributed by atoms with E-state index in [-0.39, 0.29) is 12.4 Å². The van der Waals surface area contributed by atoms with Crippen LogP contribution in [0.1, 0.15) is 17.2 Å². The number of hydrogen-bond donors (Lipinski definition) is 3. The second kappa shape index (κ2) is 6.10. The van der Waals surface area contributed by atoms with E-state index in [1.807, 2.05) is 31.2 Å². The molecule has 0 saturated carbocycles. The van der Waals surface area contributed by atoms with Gasteiger partial charge in [-0.25, -0.2) is 0 Å². The Hall–Kier alpha value is -2.24. The smallest absolute Gasteiger partial charge is 0.160 e. The summed E-state index contributed by atoms with van der Waals surface area (Å²) >= 11 is 0. The number of aromatic hydroxyl groups is 1. The lowest BCUT2D eigenvalue weighted by Crippen LogP contribution is -2.53. The number of fused-ring (bicyclic) bond motifs is 1. The summed E-state index contributed by atoms with van der Waals surface area (Å²) in [5.74, 6) is 1.53. The minimum atomic E-state index is -1.19. The summed E-state index contributed by atoms with van der Waals surface area (Å²) in [5, 5.41) is 23.6. The Balaban J connectivity index is 2.00. The first-order valence-electron chi connectivity index (χ1n) is 7.58. The average Bonchev–Trinajstić information content (AvgIpc) is 2.52. The second-order valence-electron chi connectivity index (χ2n) is 5.91. The van der Waals surface area contributed by atoms with Gasteiger partial charge in [-0.2, -0.15) is 0 Å². The molecule has 5 nitrogen and oxygen atoms in total. The Labute approximate surface area is 135 Å². The van der Waals surface area contributed by atoms with E-state index in [1.54, 1.807) is 25.2 Å². The van der Waals surface area contributed by atoms with Crippen LogP contribution in [0.2, 0.25) is 0 Å². The number of rotatable bonds is 4. The van der Waals surface area contributed by atoms with E-state index < -0.39 is 11.7 Å². The predicted molar refractivity (Wildman–Crippen MR) is 87.0 cm³/mol. The molecule has 2 aromatic carbocycles. The molecule has 1 heterocycles. The molecule has 23 heavy (non-hydrogen) atoms. The van der Waals surface area contributed by atoms with Gasteiger partial charge in [-0.05, 0) is 43.8 Å². The van der Waals surface area contributed by atoms with Crippen LogP contribution in [0.3, 0.4) is 0 Å². The minimum Gasteiger partial charge on any atom is -0.508 e. The Morgan fingerprint density at radius 2 is 2.09 bits per heavy atom. The van der Waals surface area contributed by atoms with Crippen LogP contribution in [-0.2, 0) is 0 Å². The lowest BCUT2D eigenvalue weighted by molar-refractivity contribution is -0.101. The summed E-state index contributed by atoms with van der Waals surface area (Å²) in [4.78, 5) is 0. The van der Waals surface area contributed by atoms with E-state index in [2.05, 4.69) is 5.32 Å². The van der Waals surface area contributed by atoms with Crippen LogP contribution in [0.5, 0.6) is 17.2 Å². The third-order valence-corrected chi connectivity index (χ3v) is 4.05. The zero-order valence-corrected chi connectivity index (χ0v) is 13.2. The van der Waals surface area contributed by atoms with Crippen LogP contribution in [0.25, 0.3) is 0 Å². The quantitative estimate of drug-likeness (QED) is 0.806.